The Hall–Kier alpha value is -2.41. The number of fused-ring (bicyclic) bond motifs is 1. The molecule has 0 spiro atoms. The molecule has 1 N–H and O–H groups in total. The molecule has 164 valence electrons. The van der Waals surface area contributed by atoms with E-state index < -0.39 is 17.9 Å². The van der Waals surface area contributed by atoms with Crippen LogP contribution >= 0.6 is 23.2 Å². The number of esters is 1. The normalized spacial score (nSPS) is 15.7. The molecule has 1 atom stereocenters. The second-order valence-corrected chi connectivity index (χ2v) is 7.93. The molecule has 0 saturated carbocycles. The monoisotopic (exact) mass is 461 g/mol. The first kappa shape index (κ1) is 23.3. The maximum atomic E-state index is 12.8. The molecule has 0 bridgehead atoms. The average molecular weight is 462 g/mol. The van der Waals surface area contributed by atoms with Crippen LogP contribution in [0.15, 0.2) is 47.5 Å². The largest absolute Gasteiger partial charge is 0.464 e. The quantitative estimate of drug-likeness (QED) is 0.358. The van der Waals surface area contributed by atoms with Gasteiger partial charge in [-0.05, 0) is 43.8 Å². The van der Waals surface area contributed by atoms with Crippen LogP contribution in [0.4, 0.5) is 5.69 Å². The number of nitrogens with one attached hydrogen (secondary N) is 1. The Morgan fingerprint density at radius 1 is 1.13 bits per heavy atom. The van der Waals surface area contributed by atoms with Crippen molar-refractivity contribution in [3.63, 3.8) is 0 Å². The van der Waals surface area contributed by atoms with Gasteiger partial charge in [-0.3, -0.25) is 9.79 Å². The smallest absolute Gasteiger partial charge is 0.340 e. The summed E-state index contributed by atoms with van der Waals surface area (Å²) >= 11 is 12.6. The van der Waals surface area contributed by atoms with Crippen molar-refractivity contribution < 1.29 is 14.3 Å². The highest BCUT2D eigenvalue weighted by molar-refractivity contribution is 6.37. The van der Waals surface area contributed by atoms with E-state index in [4.69, 9.17) is 27.9 Å². The fourth-order valence-corrected chi connectivity index (χ4v) is 3.78. The van der Waals surface area contributed by atoms with Gasteiger partial charge >= 0.3 is 5.97 Å². The SMILES string of the molecule is CCN(CC)CCCOC(=O)C1N=C(c2ccccc2Cl)c2cc(Cl)ccc2NC1=O. The summed E-state index contributed by atoms with van der Waals surface area (Å²) in [5.74, 6) is -1.25. The molecule has 2 aromatic rings. The molecule has 0 fully saturated rings. The first-order valence-corrected chi connectivity index (χ1v) is 11.0. The van der Waals surface area contributed by atoms with Crippen molar-refractivity contribution in [2.75, 3.05) is 31.6 Å². The summed E-state index contributed by atoms with van der Waals surface area (Å²) < 4.78 is 5.39. The number of carbonyl (C=O) groups excluding carboxylic acids is 2. The van der Waals surface area contributed by atoms with Crippen LogP contribution in [0.5, 0.6) is 0 Å². The van der Waals surface area contributed by atoms with E-state index in [1.165, 1.54) is 0 Å². The van der Waals surface area contributed by atoms with E-state index in [0.717, 1.165) is 19.6 Å². The maximum absolute atomic E-state index is 12.8. The number of amides is 1. The molecule has 8 heteroatoms. The number of benzene rings is 2. The molecule has 1 amide bonds. The number of aliphatic imine (C=N–C) groups is 1. The van der Waals surface area contributed by atoms with Crippen LogP contribution in [0.3, 0.4) is 0 Å². The molecule has 6 nitrogen and oxygen atoms in total. The average Bonchev–Trinajstić information content (AvgIpc) is 2.90. The molecular weight excluding hydrogens is 437 g/mol. The summed E-state index contributed by atoms with van der Waals surface area (Å²) in [6.07, 6.45) is 0.679. The highest BCUT2D eigenvalue weighted by atomic mass is 35.5. The molecule has 1 unspecified atom stereocenters. The Morgan fingerprint density at radius 2 is 1.87 bits per heavy atom. The highest BCUT2D eigenvalue weighted by Gasteiger charge is 2.33. The van der Waals surface area contributed by atoms with Gasteiger partial charge in [0.15, 0.2) is 0 Å². The molecule has 1 aliphatic rings. The van der Waals surface area contributed by atoms with Crippen LogP contribution in [0.2, 0.25) is 10.0 Å². The van der Waals surface area contributed by atoms with Crippen molar-refractivity contribution >= 4 is 46.5 Å². The van der Waals surface area contributed by atoms with Gasteiger partial charge in [-0.25, -0.2) is 4.79 Å². The number of anilines is 1. The molecule has 0 saturated heterocycles. The molecular formula is C23H25Cl2N3O3. The Balaban J connectivity index is 1.88. The van der Waals surface area contributed by atoms with Crippen LogP contribution in [0.25, 0.3) is 0 Å². The third-order valence-electron chi connectivity index (χ3n) is 5.11. The predicted molar refractivity (Wildman–Crippen MR) is 124 cm³/mol. The number of halogens is 2. The van der Waals surface area contributed by atoms with E-state index in [1.54, 1.807) is 36.4 Å². The van der Waals surface area contributed by atoms with Gasteiger partial charge in [0, 0.05) is 27.7 Å². The Morgan fingerprint density at radius 3 is 2.58 bits per heavy atom. The van der Waals surface area contributed by atoms with Gasteiger partial charge in [-0.2, -0.15) is 0 Å². The van der Waals surface area contributed by atoms with Gasteiger partial charge in [0.1, 0.15) is 0 Å². The summed E-state index contributed by atoms with van der Waals surface area (Å²) in [5.41, 5.74) is 2.10. The number of ether oxygens (including phenoxy) is 1. The van der Waals surface area contributed by atoms with Crippen molar-refractivity contribution in [2.45, 2.75) is 26.3 Å². The van der Waals surface area contributed by atoms with Gasteiger partial charge in [0.05, 0.1) is 18.0 Å². The zero-order valence-corrected chi connectivity index (χ0v) is 19.0. The predicted octanol–water partition coefficient (Wildman–Crippen LogP) is 4.43. The number of benzodiazepines with no additional fused rings is 1. The number of nitrogens with zero attached hydrogens (tertiary/aromatic N) is 2. The van der Waals surface area contributed by atoms with Gasteiger partial charge in [-0.15, -0.1) is 0 Å². The van der Waals surface area contributed by atoms with E-state index in [0.29, 0.717) is 39.0 Å². The number of rotatable bonds is 8. The lowest BCUT2D eigenvalue weighted by Crippen LogP contribution is -2.35. The third-order valence-corrected chi connectivity index (χ3v) is 5.68. The molecule has 0 radical (unpaired) electrons. The minimum Gasteiger partial charge on any atom is -0.464 e. The van der Waals surface area contributed by atoms with Crippen LogP contribution in [0.1, 0.15) is 31.4 Å². The van der Waals surface area contributed by atoms with Gasteiger partial charge < -0.3 is 15.0 Å². The van der Waals surface area contributed by atoms with Crippen molar-refractivity contribution in [3.8, 4) is 0 Å². The molecule has 0 aliphatic carbocycles. The van der Waals surface area contributed by atoms with Crippen LogP contribution in [0, 0.1) is 0 Å². The van der Waals surface area contributed by atoms with Gasteiger partial charge in [0.2, 0.25) is 6.04 Å². The molecule has 1 aliphatic heterocycles. The molecule has 2 aromatic carbocycles. The topological polar surface area (TPSA) is 71.0 Å². The van der Waals surface area contributed by atoms with E-state index in [-0.39, 0.29) is 6.61 Å². The highest BCUT2D eigenvalue weighted by Crippen LogP contribution is 2.30. The lowest BCUT2D eigenvalue weighted by Gasteiger charge is -2.18. The van der Waals surface area contributed by atoms with E-state index in [2.05, 4.69) is 29.1 Å². The second-order valence-electron chi connectivity index (χ2n) is 7.09. The summed E-state index contributed by atoms with van der Waals surface area (Å²) in [6, 6.07) is 10.8. The molecule has 31 heavy (non-hydrogen) atoms. The van der Waals surface area contributed by atoms with Crippen molar-refractivity contribution in [2.24, 2.45) is 4.99 Å². The fourth-order valence-electron chi connectivity index (χ4n) is 3.39. The maximum Gasteiger partial charge on any atom is 0.340 e. The van der Waals surface area contributed by atoms with E-state index in [9.17, 15) is 9.59 Å². The molecule has 3 rings (SSSR count). The molecule has 0 aromatic heterocycles. The Bertz CT molecular complexity index is 990. The first-order valence-electron chi connectivity index (χ1n) is 10.3. The summed E-state index contributed by atoms with van der Waals surface area (Å²) in [6.45, 7) is 7.06. The van der Waals surface area contributed by atoms with Gasteiger partial charge in [-0.1, -0.05) is 55.2 Å². The molecule has 1 heterocycles. The van der Waals surface area contributed by atoms with Crippen molar-refractivity contribution in [1.82, 2.24) is 4.90 Å². The minimum atomic E-state index is -1.34. The second kappa shape index (κ2) is 10.8. The Labute approximate surface area is 192 Å². The minimum absolute atomic E-state index is 0.217. The van der Waals surface area contributed by atoms with Crippen molar-refractivity contribution in [1.29, 1.82) is 0 Å². The standard InChI is InChI=1S/C23H25Cl2N3O3/c1-3-28(4-2)12-7-13-31-23(30)21-22(29)26-19-11-10-15(24)14-17(19)20(27-21)16-8-5-6-9-18(16)25/h5-6,8-11,14,21H,3-4,7,12-13H2,1-2H3,(H,26,29). The number of hydrogen-bond donors (Lipinski definition) is 1. The third kappa shape index (κ3) is 5.64. The van der Waals surface area contributed by atoms with E-state index >= 15 is 0 Å². The first-order chi connectivity index (χ1) is 14.9. The van der Waals surface area contributed by atoms with Crippen LogP contribution < -0.4 is 5.32 Å². The zero-order chi connectivity index (χ0) is 22.4. The summed E-state index contributed by atoms with van der Waals surface area (Å²) in [4.78, 5) is 32.3. The zero-order valence-electron chi connectivity index (χ0n) is 17.5. The lowest BCUT2D eigenvalue weighted by molar-refractivity contribution is -0.147. The summed E-state index contributed by atoms with van der Waals surface area (Å²) in [7, 11) is 0. The Kier molecular flexibility index (Phi) is 8.07. The van der Waals surface area contributed by atoms with E-state index in [1.807, 2.05) is 6.07 Å². The van der Waals surface area contributed by atoms with Crippen molar-refractivity contribution in [3.05, 3.63) is 63.6 Å². The number of carbonyl (C=O) groups is 2. The van der Waals surface area contributed by atoms with Gasteiger partial charge in [0.25, 0.3) is 5.91 Å². The number of hydrogen-bond acceptors (Lipinski definition) is 5. The van der Waals surface area contributed by atoms with Crippen LogP contribution in [-0.4, -0.2) is 54.8 Å². The fraction of sp³-hybridized carbons (Fsp3) is 0.348. The lowest BCUT2D eigenvalue weighted by atomic mass is 10.0. The van der Waals surface area contributed by atoms with Crippen LogP contribution in [-0.2, 0) is 14.3 Å². The summed E-state index contributed by atoms with van der Waals surface area (Å²) in [5, 5.41) is 3.69.